The fraction of sp³-hybridized carbons (Fsp3) is 0.333. The number of amides is 1. The Hall–Kier alpha value is -1.78. The predicted molar refractivity (Wildman–Crippen MR) is 98.4 cm³/mol. The molecule has 2 heterocycles. The molecule has 1 amide bonds. The first-order chi connectivity index (χ1) is 11.6. The molecule has 0 unspecified atom stereocenters. The van der Waals surface area contributed by atoms with Gasteiger partial charge in [0.05, 0.1) is 10.6 Å². The average Bonchev–Trinajstić information content (AvgIpc) is 2.87. The quantitative estimate of drug-likeness (QED) is 0.819. The van der Waals surface area contributed by atoms with Gasteiger partial charge in [-0.05, 0) is 43.2 Å². The van der Waals surface area contributed by atoms with E-state index >= 15 is 0 Å². The minimum atomic E-state index is 0.00402. The molecule has 0 bridgehead atoms. The van der Waals surface area contributed by atoms with Crippen molar-refractivity contribution in [3.05, 3.63) is 52.1 Å². The van der Waals surface area contributed by atoms with Gasteiger partial charge >= 0.3 is 0 Å². The number of carbonyl (C=O) groups is 1. The molecule has 24 heavy (non-hydrogen) atoms. The lowest BCUT2D eigenvalue weighted by molar-refractivity contribution is 0.0761. The number of pyridine rings is 1. The van der Waals surface area contributed by atoms with Gasteiger partial charge in [-0.3, -0.25) is 4.79 Å². The number of aromatic nitrogens is 1. The average molecular weight is 364 g/mol. The van der Waals surface area contributed by atoms with Crippen LogP contribution in [0.15, 0.2) is 36.5 Å². The Morgan fingerprint density at radius 1 is 1.04 bits per heavy atom. The minimum Gasteiger partial charge on any atom is -0.339 e. The van der Waals surface area contributed by atoms with Crippen molar-refractivity contribution < 1.29 is 4.79 Å². The van der Waals surface area contributed by atoms with Crippen molar-refractivity contribution in [2.75, 3.05) is 18.4 Å². The Morgan fingerprint density at radius 3 is 2.33 bits per heavy atom. The Bertz CT molecular complexity index is 711. The third-order valence-electron chi connectivity index (χ3n) is 4.09. The number of anilines is 2. The maximum absolute atomic E-state index is 12.6. The Kier molecular flexibility index (Phi) is 5.59. The van der Waals surface area contributed by atoms with Crippen LogP contribution in [0.5, 0.6) is 0 Å². The van der Waals surface area contributed by atoms with E-state index < -0.39 is 0 Å². The maximum atomic E-state index is 12.6. The summed E-state index contributed by atoms with van der Waals surface area (Å²) in [5.74, 6) is 0.524. The molecule has 1 N–H and O–H groups in total. The molecule has 0 aliphatic carbocycles. The van der Waals surface area contributed by atoms with Crippen LogP contribution in [0.1, 0.15) is 36.0 Å². The summed E-state index contributed by atoms with van der Waals surface area (Å²) in [6.45, 7) is 1.61. The highest BCUT2D eigenvalue weighted by molar-refractivity contribution is 6.33. The van der Waals surface area contributed by atoms with Crippen molar-refractivity contribution in [3.8, 4) is 0 Å². The molecule has 0 spiro atoms. The van der Waals surface area contributed by atoms with Gasteiger partial charge in [-0.2, -0.15) is 0 Å². The Balaban J connectivity index is 1.74. The van der Waals surface area contributed by atoms with Crippen LogP contribution < -0.4 is 5.32 Å². The fourth-order valence-electron chi connectivity index (χ4n) is 2.77. The molecular weight excluding hydrogens is 345 g/mol. The lowest BCUT2D eigenvalue weighted by Crippen LogP contribution is -2.31. The number of halogens is 2. The summed E-state index contributed by atoms with van der Waals surface area (Å²) in [5, 5.41) is 4.22. The van der Waals surface area contributed by atoms with Crippen LogP contribution >= 0.6 is 23.2 Å². The minimum absolute atomic E-state index is 0.00402. The Morgan fingerprint density at radius 2 is 1.71 bits per heavy atom. The van der Waals surface area contributed by atoms with E-state index in [4.69, 9.17) is 23.2 Å². The standard InChI is InChI=1S/C18H19Cl2N3O/c19-14-5-7-15(8-6-14)22-17-16(20)11-13(12-21-17)18(24)23-9-3-1-2-4-10-23/h5-8,11-12H,1-4,9-10H2,(H,21,22). The fourth-order valence-corrected chi connectivity index (χ4v) is 3.11. The van der Waals surface area contributed by atoms with Gasteiger partial charge in [0.15, 0.2) is 0 Å². The molecule has 3 rings (SSSR count). The summed E-state index contributed by atoms with van der Waals surface area (Å²) in [4.78, 5) is 18.8. The number of rotatable bonds is 3. The van der Waals surface area contributed by atoms with Crippen molar-refractivity contribution >= 4 is 40.6 Å². The van der Waals surface area contributed by atoms with E-state index in [9.17, 15) is 4.79 Å². The molecule has 1 aromatic carbocycles. The summed E-state index contributed by atoms with van der Waals surface area (Å²) >= 11 is 12.2. The molecular formula is C18H19Cl2N3O. The van der Waals surface area contributed by atoms with Gasteiger partial charge in [-0.1, -0.05) is 36.0 Å². The van der Waals surface area contributed by atoms with E-state index in [0.29, 0.717) is 21.4 Å². The number of benzene rings is 1. The lowest BCUT2D eigenvalue weighted by Gasteiger charge is -2.20. The molecule has 6 heteroatoms. The molecule has 1 aliphatic rings. The van der Waals surface area contributed by atoms with Crippen molar-refractivity contribution in [2.24, 2.45) is 0 Å². The molecule has 4 nitrogen and oxygen atoms in total. The molecule has 0 saturated carbocycles. The SMILES string of the molecule is O=C(c1cnc(Nc2ccc(Cl)cc2)c(Cl)c1)N1CCCCCC1. The molecule has 1 fully saturated rings. The number of carbonyl (C=O) groups excluding carboxylic acids is 1. The second-order valence-electron chi connectivity index (χ2n) is 5.89. The number of likely N-dealkylation sites (tertiary alicyclic amines) is 1. The van der Waals surface area contributed by atoms with Crippen molar-refractivity contribution in [1.29, 1.82) is 0 Å². The van der Waals surface area contributed by atoms with Crippen LogP contribution in [-0.4, -0.2) is 28.9 Å². The topological polar surface area (TPSA) is 45.2 Å². The first-order valence-corrected chi connectivity index (χ1v) is 8.86. The van der Waals surface area contributed by atoms with Gasteiger partial charge in [0.2, 0.25) is 0 Å². The first kappa shape index (κ1) is 17.1. The zero-order chi connectivity index (χ0) is 16.9. The second kappa shape index (κ2) is 7.86. The Labute approximate surface area is 151 Å². The van der Waals surface area contributed by atoms with E-state index in [-0.39, 0.29) is 5.91 Å². The van der Waals surface area contributed by atoms with Crippen LogP contribution in [0.25, 0.3) is 0 Å². The van der Waals surface area contributed by atoms with E-state index in [2.05, 4.69) is 10.3 Å². The van der Waals surface area contributed by atoms with Gasteiger partial charge < -0.3 is 10.2 Å². The van der Waals surface area contributed by atoms with Gasteiger partial charge in [-0.25, -0.2) is 4.98 Å². The molecule has 126 valence electrons. The number of hydrogen-bond donors (Lipinski definition) is 1. The normalized spacial score (nSPS) is 15.0. The van der Waals surface area contributed by atoms with Gasteiger partial charge in [0.25, 0.3) is 5.91 Å². The van der Waals surface area contributed by atoms with Crippen LogP contribution in [0.3, 0.4) is 0 Å². The monoisotopic (exact) mass is 363 g/mol. The summed E-state index contributed by atoms with van der Waals surface area (Å²) in [6, 6.07) is 8.94. The van der Waals surface area contributed by atoms with E-state index in [0.717, 1.165) is 31.6 Å². The number of nitrogens with one attached hydrogen (secondary N) is 1. The lowest BCUT2D eigenvalue weighted by atomic mass is 10.2. The molecule has 1 aromatic heterocycles. The van der Waals surface area contributed by atoms with Gasteiger partial charge in [0, 0.05) is 30.0 Å². The molecule has 1 saturated heterocycles. The summed E-state index contributed by atoms with van der Waals surface area (Å²) in [7, 11) is 0. The number of nitrogens with zero attached hydrogens (tertiary/aromatic N) is 2. The molecule has 2 aromatic rings. The molecule has 0 atom stereocenters. The third-order valence-corrected chi connectivity index (χ3v) is 4.63. The summed E-state index contributed by atoms with van der Waals surface area (Å²) < 4.78 is 0. The summed E-state index contributed by atoms with van der Waals surface area (Å²) in [6.07, 6.45) is 6.07. The van der Waals surface area contributed by atoms with Gasteiger partial charge in [0.1, 0.15) is 5.82 Å². The highest BCUT2D eigenvalue weighted by Crippen LogP contribution is 2.25. The van der Waals surface area contributed by atoms with Crippen LogP contribution in [0.2, 0.25) is 10.0 Å². The molecule has 0 radical (unpaired) electrons. The van der Waals surface area contributed by atoms with Crippen LogP contribution in [0, 0.1) is 0 Å². The van der Waals surface area contributed by atoms with E-state index in [1.54, 1.807) is 24.4 Å². The van der Waals surface area contributed by atoms with Crippen LogP contribution in [-0.2, 0) is 0 Å². The molecule has 1 aliphatic heterocycles. The zero-order valence-electron chi connectivity index (χ0n) is 13.3. The van der Waals surface area contributed by atoms with E-state index in [1.807, 2.05) is 17.0 Å². The highest BCUT2D eigenvalue weighted by atomic mass is 35.5. The first-order valence-electron chi connectivity index (χ1n) is 8.11. The van der Waals surface area contributed by atoms with E-state index in [1.165, 1.54) is 12.8 Å². The third kappa shape index (κ3) is 4.19. The van der Waals surface area contributed by atoms with Gasteiger partial charge in [-0.15, -0.1) is 0 Å². The summed E-state index contributed by atoms with van der Waals surface area (Å²) in [5.41, 5.74) is 1.36. The second-order valence-corrected chi connectivity index (χ2v) is 6.74. The zero-order valence-corrected chi connectivity index (χ0v) is 14.8. The highest BCUT2D eigenvalue weighted by Gasteiger charge is 2.18. The van der Waals surface area contributed by atoms with Crippen molar-refractivity contribution in [2.45, 2.75) is 25.7 Å². The van der Waals surface area contributed by atoms with Crippen molar-refractivity contribution in [1.82, 2.24) is 9.88 Å². The largest absolute Gasteiger partial charge is 0.339 e. The van der Waals surface area contributed by atoms with Crippen LogP contribution in [0.4, 0.5) is 11.5 Å². The smallest absolute Gasteiger partial charge is 0.255 e. The predicted octanol–water partition coefficient (Wildman–Crippen LogP) is 5.15. The maximum Gasteiger partial charge on any atom is 0.255 e. The van der Waals surface area contributed by atoms with Crippen molar-refractivity contribution in [3.63, 3.8) is 0 Å². The number of hydrogen-bond acceptors (Lipinski definition) is 3.